The highest BCUT2D eigenvalue weighted by atomic mass is 19.1. The second kappa shape index (κ2) is 7.86. The molecule has 0 radical (unpaired) electrons. The number of hydrazone groups is 1. The molecule has 6 heteroatoms. The summed E-state index contributed by atoms with van der Waals surface area (Å²) in [4.78, 5) is 14.4. The average molecular weight is 450 g/mol. The number of benzene rings is 2. The van der Waals surface area contributed by atoms with Gasteiger partial charge in [-0.2, -0.15) is 5.10 Å². The van der Waals surface area contributed by atoms with E-state index in [1.54, 1.807) is 6.07 Å². The van der Waals surface area contributed by atoms with Gasteiger partial charge in [0.2, 0.25) is 0 Å². The lowest BCUT2D eigenvalue weighted by molar-refractivity contribution is -0.122. The van der Waals surface area contributed by atoms with Gasteiger partial charge in [-0.25, -0.2) is 9.82 Å². The van der Waals surface area contributed by atoms with Gasteiger partial charge in [0.05, 0.1) is 5.69 Å². The summed E-state index contributed by atoms with van der Waals surface area (Å²) in [6.45, 7) is 11.4. The van der Waals surface area contributed by atoms with Crippen molar-refractivity contribution < 1.29 is 13.9 Å². The molecule has 1 aliphatic carbocycles. The van der Waals surface area contributed by atoms with Gasteiger partial charge in [0.25, 0.3) is 5.91 Å². The predicted octanol–water partition coefficient (Wildman–Crippen LogP) is 5.70. The van der Waals surface area contributed by atoms with Gasteiger partial charge in [-0.15, -0.1) is 0 Å². The Kier molecular flexibility index (Phi) is 5.22. The summed E-state index contributed by atoms with van der Waals surface area (Å²) in [5, 5.41) is 4.22. The van der Waals surface area contributed by atoms with E-state index in [-0.39, 0.29) is 29.7 Å². The molecule has 0 saturated heterocycles. The summed E-state index contributed by atoms with van der Waals surface area (Å²) >= 11 is 0. The second-order valence-electron chi connectivity index (χ2n) is 10.5. The van der Waals surface area contributed by atoms with Crippen molar-refractivity contribution in [3.8, 4) is 16.9 Å². The third-order valence-corrected chi connectivity index (χ3v) is 8.31. The maximum atomic E-state index is 15.0. The third-order valence-electron chi connectivity index (χ3n) is 8.31. The zero-order valence-corrected chi connectivity index (χ0v) is 20.0. The summed E-state index contributed by atoms with van der Waals surface area (Å²) in [5.41, 5.74) is 6.04. The van der Waals surface area contributed by atoms with Crippen molar-refractivity contribution >= 4 is 17.4 Å². The van der Waals surface area contributed by atoms with Crippen molar-refractivity contribution in [1.29, 1.82) is 0 Å². The maximum Gasteiger partial charge on any atom is 0.262 e. The Balaban J connectivity index is 1.70. The number of halogens is 1. The molecule has 3 aliphatic rings. The minimum Gasteiger partial charge on any atom is -0.483 e. The van der Waals surface area contributed by atoms with E-state index in [4.69, 9.17) is 4.74 Å². The highest BCUT2D eigenvalue weighted by molar-refractivity contribution is 6.09. The molecule has 4 atom stereocenters. The molecular weight excluding hydrogens is 417 g/mol. The predicted molar refractivity (Wildman–Crippen MR) is 129 cm³/mol. The number of amides is 1. The van der Waals surface area contributed by atoms with Gasteiger partial charge in [-0.05, 0) is 72.3 Å². The van der Waals surface area contributed by atoms with Crippen molar-refractivity contribution in [2.24, 2.45) is 22.4 Å². The van der Waals surface area contributed by atoms with Crippen LogP contribution in [0.3, 0.4) is 0 Å². The molecule has 2 heterocycles. The van der Waals surface area contributed by atoms with Crippen molar-refractivity contribution in [2.75, 3.05) is 11.5 Å². The highest BCUT2D eigenvalue weighted by Gasteiger charge is 2.44. The van der Waals surface area contributed by atoms with Crippen LogP contribution in [-0.2, 0) is 4.79 Å². The molecule has 5 nitrogen and oxygen atoms in total. The zero-order valence-electron chi connectivity index (χ0n) is 20.0. The number of carbonyl (C=O) groups is 1. The normalized spacial score (nSPS) is 29.5. The van der Waals surface area contributed by atoms with Crippen LogP contribution in [0.1, 0.15) is 58.9 Å². The number of nitrogens with one attached hydrogen (secondary N) is 1. The third kappa shape index (κ3) is 3.51. The molecule has 2 aliphatic heterocycles. The fraction of sp³-hybridized carbons (Fsp3) is 0.481. The molecule has 1 N–H and O–H groups in total. The molecule has 0 aromatic heterocycles. The number of amidine groups is 1. The lowest BCUT2D eigenvalue weighted by Gasteiger charge is -2.40. The van der Waals surface area contributed by atoms with E-state index >= 15 is 4.39 Å². The standard InChI is InChI=1S/C27H32FN3O2/c1-15-12-27(5,13-16(15)2)17(3)20-10-23-24(11-21(20)19-8-6-7-9-22(19)28)33-14-25-29-30-26(32)18(4)31(23)25/h6-11,15-18H,12-14H2,1-5H3,(H,30,32)/t15?,16?,17-,18-,27?/m1/s1. The van der Waals surface area contributed by atoms with Crippen LogP contribution in [-0.4, -0.2) is 24.4 Å². The highest BCUT2D eigenvalue weighted by Crippen LogP contribution is 2.55. The summed E-state index contributed by atoms with van der Waals surface area (Å²) in [5.74, 6) is 2.45. The first-order chi connectivity index (χ1) is 15.7. The van der Waals surface area contributed by atoms with E-state index in [9.17, 15) is 4.79 Å². The van der Waals surface area contributed by atoms with Crippen molar-refractivity contribution in [2.45, 2.75) is 59.4 Å². The molecule has 1 amide bonds. The Morgan fingerprint density at radius 3 is 2.55 bits per heavy atom. The van der Waals surface area contributed by atoms with E-state index in [0.29, 0.717) is 29.0 Å². The van der Waals surface area contributed by atoms with E-state index in [2.05, 4.69) is 44.3 Å². The van der Waals surface area contributed by atoms with Gasteiger partial charge in [-0.3, -0.25) is 4.79 Å². The topological polar surface area (TPSA) is 53.9 Å². The maximum absolute atomic E-state index is 15.0. The van der Waals surface area contributed by atoms with Crippen LogP contribution in [0.15, 0.2) is 41.5 Å². The van der Waals surface area contributed by atoms with Gasteiger partial charge in [0.1, 0.15) is 24.2 Å². The van der Waals surface area contributed by atoms with E-state index in [1.807, 2.05) is 30.0 Å². The minimum absolute atomic E-state index is 0.102. The number of nitrogens with zero attached hydrogens (tertiary/aromatic N) is 2. The number of anilines is 1. The SMILES string of the molecule is CC1CC(C)([C@H](C)c2cc3c(cc2-c2ccccc2F)OCC2=NNC(=O)[C@@H](C)N23)CC1C. The monoisotopic (exact) mass is 449 g/mol. The van der Waals surface area contributed by atoms with Crippen LogP contribution < -0.4 is 15.1 Å². The molecule has 5 rings (SSSR count). The van der Waals surface area contributed by atoms with Crippen LogP contribution >= 0.6 is 0 Å². The fourth-order valence-electron chi connectivity index (χ4n) is 6.04. The second-order valence-corrected chi connectivity index (χ2v) is 10.5. The Labute approximate surface area is 195 Å². The lowest BCUT2D eigenvalue weighted by Crippen LogP contribution is -2.55. The Morgan fingerprint density at radius 1 is 1.15 bits per heavy atom. The zero-order chi connectivity index (χ0) is 23.5. The summed E-state index contributed by atoms with van der Waals surface area (Å²) in [6, 6.07) is 10.6. The number of hydrogen-bond donors (Lipinski definition) is 1. The number of rotatable bonds is 3. The van der Waals surface area contributed by atoms with Crippen LogP contribution in [0.2, 0.25) is 0 Å². The number of fused-ring (bicyclic) bond motifs is 3. The Bertz CT molecular complexity index is 1130. The first-order valence-corrected chi connectivity index (χ1v) is 11.9. The molecule has 0 spiro atoms. The average Bonchev–Trinajstić information content (AvgIpc) is 3.07. The number of carbonyl (C=O) groups excluding carboxylic acids is 1. The lowest BCUT2D eigenvalue weighted by atomic mass is 9.70. The van der Waals surface area contributed by atoms with Gasteiger partial charge in [0.15, 0.2) is 5.84 Å². The van der Waals surface area contributed by atoms with Crippen LogP contribution in [0, 0.1) is 23.1 Å². The number of hydrogen-bond acceptors (Lipinski definition) is 4. The molecular formula is C27H32FN3O2. The Morgan fingerprint density at radius 2 is 1.85 bits per heavy atom. The van der Waals surface area contributed by atoms with Crippen molar-refractivity contribution in [1.82, 2.24) is 5.43 Å². The van der Waals surface area contributed by atoms with Crippen molar-refractivity contribution in [3.05, 3.63) is 47.8 Å². The van der Waals surface area contributed by atoms with Gasteiger partial charge in [0, 0.05) is 5.56 Å². The molecule has 2 aromatic carbocycles. The molecule has 33 heavy (non-hydrogen) atoms. The van der Waals surface area contributed by atoms with Gasteiger partial charge in [-0.1, -0.05) is 45.9 Å². The minimum atomic E-state index is -0.398. The molecule has 174 valence electrons. The smallest absolute Gasteiger partial charge is 0.262 e. The molecule has 0 bridgehead atoms. The molecule has 2 aromatic rings. The van der Waals surface area contributed by atoms with Gasteiger partial charge < -0.3 is 9.64 Å². The van der Waals surface area contributed by atoms with Crippen LogP contribution in [0.4, 0.5) is 10.1 Å². The number of ether oxygens (including phenoxy) is 1. The summed E-state index contributed by atoms with van der Waals surface area (Å²) in [7, 11) is 0. The van der Waals surface area contributed by atoms with Crippen LogP contribution in [0.25, 0.3) is 11.1 Å². The first kappa shape index (κ1) is 21.9. The van der Waals surface area contributed by atoms with Crippen LogP contribution in [0.5, 0.6) is 5.75 Å². The quantitative estimate of drug-likeness (QED) is 0.654. The van der Waals surface area contributed by atoms with Gasteiger partial charge >= 0.3 is 0 Å². The first-order valence-electron chi connectivity index (χ1n) is 11.9. The Hall–Kier alpha value is -2.89. The summed E-state index contributed by atoms with van der Waals surface area (Å²) < 4.78 is 21.1. The van der Waals surface area contributed by atoms with E-state index in [0.717, 1.165) is 29.7 Å². The molecule has 1 saturated carbocycles. The van der Waals surface area contributed by atoms with E-state index < -0.39 is 6.04 Å². The summed E-state index contributed by atoms with van der Waals surface area (Å²) in [6.07, 6.45) is 2.27. The fourth-order valence-corrected chi connectivity index (χ4v) is 6.04. The molecule has 1 fully saturated rings. The molecule has 2 unspecified atom stereocenters. The van der Waals surface area contributed by atoms with Crippen molar-refractivity contribution in [3.63, 3.8) is 0 Å². The van der Waals surface area contributed by atoms with E-state index in [1.165, 1.54) is 6.07 Å². The largest absolute Gasteiger partial charge is 0.483 e.